The van der Waals surface area contributed by atoms with E-state index in [4.69, 9.17) is 22.7 Å². The van der Waals surface area contributed by atoms with E-state index in [1.807, 2.05) is 0 Å². The van der Waals surface area contributed by atoms with Crippen molar-refractivity contribution in [3.05, 3.63) is 34.6 Å². The van der Waals surface area contributed by atoms with Crippen molar-refractivity contribution in [3.8, 4) is 0 Å². The zero-order chi connectivity index (χ0) is 9.84. The Morgan fingerprint density at radius 1 is 1.62 bits per heavy atom. The van der Waals surface area contributed by atoms with Crippen LogP contribution in [0.4, 0.5) is 4.39 Å². The van der Waals surface area contributed by atoms with Gasteiger partial charge < -0.3 is 5.73 Å². The molecule has 0 saturated carbocycles. The number of halogens is 2. The maximum Gasteiger partial charge on any atom is 0.151 e. The molecule has 0 spiro atoms. The van der Waals surface area contributed by atoms with Gasteiger partial charge in [-0.2, -0.15) is 0 Å². The summed E-state index contributed by atoms with van der Waals surface area (Å²) in [5.74, 6) is -0.0188. The largest absolute Gasteiger partial charge is 0.379 e. The number of nitrogens with one attached hydrogen (secondary N) is 1. The Morgan fingerprint density at radius 2 is 2.31 bits per heavy atom. The van der Waals surface area contributed by atoms with Crippen molar-refractivity contribution >= 4 is 28.5 Å². The quantitative estimate of drug-likeness (QED) is 0.592. The molecule has 1 rings (SSSR count). The van der Waals surface area contributed by atoms with Crippen molar-refractivity contribution in [2.75, 3.05) is 0 Å². The highest BCUT2D eigenvalue weighted by Gasteiger charge is 2.05. The number of hydrogen-bond donors (Lipinski definition) is 2. The smallest absolute Gasteiger partial charge is 0.151 e. The lowest BCUT2D eigenvalue weighted by Crippen LogP contribution is -2.04. The van der Waals surface area contributed by atoms with Gasteiger partial charge in [-0.15, -0.1) is 0 Å². The molecule has 0 aliphatic rings. The Kier molecular flexibility index (Phi) is 3.57. The van der Waals surface area contributed by atoms with Gasteiger partial charge in [0.1, 0.15) is 5.82 Å². The number of hydrogen-bond acceptors (Lipinski definition) is 2. The molecule has 0 aliphatic heterocycles. The van der Waals surface area contributed by atoms with Crippen LogP contribution >= 0.6 is 23.4 Å². The summed E-state index contributed by atoms with van der Waals surface area (Å²) in [6, 6.07) is 4.59. The molecule has 0 aromatic heterocycles. The fourth-order valence-electron chi connectivity index (χ4n) is 0.815. The molecule has 0 fully saturated rings. The van der Waals surface area contributed by atoms with Gasteiger partial charge in [0.2, 0.25) is 0 Å². The second-order valence-electron chi connectivity index (χ2n) is 2.37. The highest BCUT2D eigenvalue weighted by molar-refractivity contribution is 8.13. The van der Waals surface area contributed by atoms with Gasteiger partial charge in [0.15, 0.2) is 5.17 Å². The minimum absolute atomic E-state index is 0.000304. The SMILES string of the molecule is N=C(N)SCc1cccc(F)c1Cl. The molecule has 0 unspecified atom stereocenters. The fourth-order valence-corrected chi connectivity index (χ4v) is 1.64. The van der Waals surface area contributed by atoms with E-state index in [2.05, 4.69) is 0 Å². The first-order chi connectivity index (χ1) is 6.11. The summed E-state index contributed by atoms with van der Waals surface area (Å²) in [4.78, 5) is 0. The van der Waals surface area contributed by atoms with Crippen LogP contribution in [0.3, 0.4) is 0 Å². The Bertz CT molecular complexity index is 330. The van der Waals surface area contributed by atoms with E-state index in [1.165, 1.54) is 6.07 Å². The second kappa shape index (κ2) is 4.48. The Labute approximate surface area is 84.8 Å². The highest BCUT2D eigenvalue weighted by atomic mass is 35.5. The molecule has 0 bridgehead atoms. The molecule has 0 heterocycles. The van der Waals surface area contributed by atoms with Gasteiger partial charge >= 0.3 is 0 Å². The normalized spacial score (nSPS) is 10.0. The predicted molar refractivity (Wildman–Crippen MR) is 54.6 cm³/mol. The van der Waals surface area contributed by atoms with E-state index in [-0.39, 0.29) is 10.2 Å². The van der Waals surface area contributed by atoms with Crippen LogP contribution in [0.2, 0.25) is 5.02 Å². The first-order valence-corrected chi connectivity index (χ1v) is 4.87. The molecule has 0 saturated heterocycles. The molecule has 5 heteroatoms. The Morgan fingerprint density at radius 3 is 2.92 bits per heavy atom. The van der Waals surface area contributed by atoms with Crippen LogP contribution in [-0.4, -0.2) is 5.17 Å². The van der Waals surface area contributed by atoms with E-state index < -0.39 is 5.82 Å². The van der Waals surface area contributed by atoms with E-state index >= 15 is 0 Å². The van der Waals surface area contributed by atoms with Gasteiger partial charge in [-0.05, 0) is 11.6 Å². The molecular formula is C8H8ClFN2S. The number of nitrogens with two attached hydrogens (primary N) is 1. The minimum Gasteiger partial charge on any atom is -0.379 e. The third-order valence-electron chi connectivity index (χ3n) is 1.41. The van der Waals surface area contributed by atoms with E-state index in [0.717, 1.165) is 11.8 Å². The van der Waals surface area contributed by atoms with Crippen molar-refractivity contribution in [3.63, 3.8) is 0 Å². The zero-order valence-corrected chi connectivity index (χ0v) is 8.25. The lowest BCUT2D eigenvalue weighted by atomic mass is 10.2. The molecule has 70 valence electrons. The molecule has 0 atom stereocenters. The standard InChI is InChI=1S/C8H8ClFN2S/c9-7-5(4-13-8(11)12)2-1-3-6(7)10/h1-3H,4H2,(H3,11,12). The van der Waals surface area contributed by atoms with E-state index in [1.54, 1.807) is 12.1 Å². The monoisotopic (exact) mass is 218 g/mol. The second-order valence-corrected chi connectivity index (χ2v) is 3.76. The number of rotatable bonds is 2. The summed E-state index contributed by atoms with van der Waals surface area (Å²) in [7, 11) is 0. The van der Waals surface area contributed by atoms with Crippen LogP contribution in [-0.2, 0) is 5.75 Å². The third kappa shape index (κ3) is 2.90. The van der Waals surface area contributed by atoms with Gasteiger partial charge in [0.05, 0.1) is 5.02 Å². The summed E-state index contributed by atoms with van der Waals surface area (Å²) >= 11 is 6.79. The molecule has 2 nitrogen and oxygen atoms in total. The van der Waals surface area contributed by atoms with Gasteiger partial charge in [0.25, 0.3) is 0 Å². The van der Waals surface area contributed by atoms with Gasteiger partial charge in [-0.25, -0.2) is 4.39 Å². The van der Waals surface area contributed by atoms with Crippen LogP contribution in [0.1, 0.15) is 5.56 Å². The van der Waals surface area contributed by atoms with Crippen LogP contribution in [0.15, 0.2) is 18.2 Å². The molecule has 1 aromatic carbocycles. The highest BCUT2D eigenvalue weighted by Crippen LogP contribution is 2.23. The maximum atomic E-state index is 12.9. The minimum atomic E-state index is -0.441. The number of thioether (sulfide) groups is 1. The average Bonchev–Trinajstić information content (AvgIpc) is 2.07. The van der Waals surface area contributed by atoms with Crippen LogP contribution in [0.25, 0.3) is 0 Å². The third-order valence-corrected chi connectivity index (χ3v) is 2.60. The molecule has 13 heavy (non-hydrogen) atoms. The van der Waals surface area contributed by atoms with Gasteiger partial charge in [-0.3, -0.25) is 5.41 Å². The van der Waals surface area contributed by atoms with Gasteiger partial charge in [0, 0.05) is 5.75 Å². The van der Waals surface area contributed by atoms with Crippen LogP contribution in [0, 0.1) is 11.2 Å². The maximum absolute atomic E-state index is 12.9. The summed E-state index contributed by atoms with van der Waals surface area (Å²) in [6.45, 7) is 0. The summed E-state index contributed by atoms with van der Waals surface area (Å²) in [5, 5.41) is 7.08. The van der Waals surface area contributed by atoms with Crippen molar-refractivity contribution in [1.82, 2.24) is 0 Å². The zero-order valence-electron chi connectivity index (χ0n) is 6.68. The predicted octanol–water partition coefficient (Wildman–Crippen LogP) is 2.61. The molecule has 1 aromatic rings. The first kappa shape index (κ1) is 10.3. The molecule has 3 N–H and O–H groups in total. The number of amidine groups is 1. The molecular weight excluding hydrogens is 211 g/mol. The fraction of sp³-hybridized carbons (Fsp3) is 0.125. The van der Waals surface area contributed by atoms with Crippen molar-refractivity contribution in [1.29, 1.82) is 5.41 Å². The molecule has 0 aliphatic carbocycles. The first-order valence-electron chi connectivity index (χ1n) is 3.51. The summed E-state index contributed by atoms with van der Waals surface area (Å²) in [5.41, 5.74) is 5.79. The lowest BCUT2D eigenvalue weighted by Gasteiger charge is -2.02. The van der Waals surface area contributed by atoms with Crippen LogP contribution < -0.4 is 5.73 Å². The molecule has 0 amide bonds. The lowest BCUT2D eigenvalue weighted by molar-refractivity contribution is 0.627. The van der Waals surface area contributed by atoms with Crippen molar-refractivity contribution in [2.24, 2.45) is 5.73 Å². The number of benzene rings is 1. The van der Waals surface area contributed by atoms with Gasteiger partial charge in [-0.1, -0.05) is 35.5 Å². The van der Waals surface area contributed by atoms with E-state index in [0.29, 0.717) is 11.3 Å². The Balaban J connectivity index is 2.77. The van der Waals surface area contributed by atoms with E-state index in [9.17, 15) is 4.39 Å². The molecule has 0 radical (unpaired) electrons. The van der Waals surface area contributed by atoms with Crippen molar-refractivity contribution < 1.29 is 4.39 Å². The topological polar surface area (TPSA) is 49.9 Å². The van der Waals surface area contributed by atoms with Crippen molar-refractivity contribution in [2.45, 2.75) is 5.75 Å². The summed E-state index contributed by atoms with van der Waals surface area (Å²) < 4.78 is 12.9. The van der Waals surface area contributed by atoms with Crippen LogP contribution in [0.5, 0.6) is 0 Å². The Hall–Kier alpha value is -0.740. The summed E-state index contributed by atoms with van der Waals surface area (Å²) in [6.07, 6.45) is 0. The average molecular weight is 219 g/mol.